The fourth-order valence-electron chi connectivity index (χ4n) is 4.28. The van der Waals surface area contributed by atoms with Crippen molar-refractivity contribution in [2.24, 2.45) is 5.92 Å². The molecule has 0 saturated carbocycles. The highest BCUT2D eigenvalue weighted by molar-refractivity contribution is 7.16. The molecule has 4 rings (SSSR count). The van der Waals surface area contributed by atoms with E-state index in [9.17, 15) is 9.59 Å². The first kappa shape index (κ1) is 16.7. The first-order chi connectivity index (χ1) is 12.2. The van der Waals surface area contributed by atoms with Gasteiger partial charge in [-0.15, -0.1) is 11.3 Å². The van der Waals surface area contributed by atoms with Crippen LogP contribution in [0.2, 0.25) is 0 Å². The van der Waals surface area contributed by atoms with Crippen LogP contribution in [0.5, 0.6) is 0 Å². The molecule has 2 aliphatic rings. The Labute approximate surface area is 150 Å². The second kappa shape index (κ2) is 7.25. The van der Waals surface area contributed by atoms with Crippen molar-refractivity contribution in [1.82, 2.24) is 19.8 Å². The lowest BCUT2D eigenvalue weighted by Gasteiger charge is -2.44. The van der Waals surface area contributed by atoms with Crippen molar-refractivity contribution in [2.75, 3.05) is 19.6 Å². The Morgan fingerprint density at radius 3 is 3.08 bits per heavy atom. The average molecular weight is 360 g/mol. The Balaban J connectivity index is 1.37. The molecule has 2 aliphatic heterocycles. The number of carbonyl (C=O) groups excluding carboxylic acids is 1. The van der Waals surface area contributed by atoms with Gasteiger partial charge in [-0.1, -0.05) is 6.42 Å². The fraction of sp³-hybridized carbons (Fsp3) is 0.611. The van der Waals surface area contributed by atoms with Crippen LogP contribution in [0.4, 0.5) is 0 Å². The summed E-state index contributed by atoms with van der Waals surface area (Å²) >= 11 is 1.44. The highest BCUT2D eigenvalue weighted by Gasteiger charge is 2.32. The lowest BCUT2D eigenvalue weighted by Crippen LogP contribution is -2.51. The molecule has 0 aromatic carbocycles. The highest BCUT2D eigenvalue weighted by atomic mass is 32.1. The van der Waals surface area contributed by atoms with Gasteiger partial charge in [0, 0.05) is 12.6 Å². The van der Waals surface area contributed by atoms with Crippen LogP contribution >= 0.6 is 11.3 Å². The fourth-order valence-corrected chi connectivity index (χ4v) is 5.00. The van der Waals surface area contributed by atoms with Crippen molar-refractivity contribution in [3.63, 3.8) is 0 Å². The van der Waals surface area contributed by atoms with Crippen molar-refractivity contribution in [1.29, 1.82) is 0 Å². The third kappa shape index (κ3) is 3.48. The predicted octanol–water partition coefficient (Wildman–Crippen LogP) is 1.84. The van der Waals surface area contributed by atoms with Crippen molar-refractivity contribution >= 4 is 27.5 Å². The predicted molar refractivity (Wildman–Crippen MR) is 98.8 cm³/mol. The smallest absolute Gasteiger partial charge is 0.262 e. The minimum Gasteiger partial charge on any atom is -0.354 e. The van der Waals surface area contributed by atoms with E-state index in [2.05, 4.69) is 15.2 Å². The molecule has 2 unspecified atom stereocenters. The largest absolute Gasteiger partial charge is 0.354 e. The Hall–Kier alpha value is -1.73. The van der Waals surface area contributed by atoms with Gasteiger partial charge in [0.05, 0.1) is 11.7 Å². The number of rotatable bonds is 4. The molecule has 7 heteroatoms. The van der Waals surface area contributed by atoms with Gasteiger partial charge < -0.3 is 10.2 Å². The maximum absolute atomic E-state index is 12.4. The van der Waals surface area contributed by atoms with E-state index in [4.69, 9.17) is 0 Å². The molecular weight excluding hydrogens is 336 g/mol. The Morgan fingerprint density at radius 2 is 2.16 bits per heavy atom. The number of hydrogen-bond donors (Lipinski definition) is 1. The molecule has 1 N–H and O–H groups in total. The van der Waals surface area contributed by atoms with E-state index < -0.39 is 0 Å². The number of piperidine rings is 2. The van der Waals surface area contributed by atoms with Crippen LogP contribution in [0, 0.1) is 5.92 Å². The monoisotopic (exact) mass is 360 g/mol. The summed E-state index contributed by atoms with van der Waals surface area (Å²) in [6, 6.07) is 2.39. The molecule has 0 aliphatic carbocycles. The van der Waals surface area contributed by atoms with Crippen LogP contribution in [0.1, 0.15) is 32.1 Å². The van der Waals surface area contributed by atoms with E-state index in [0.717, 1.165) is 4.83 Å². The first-order valence-corrected chi connectivity index (χ1v) is 10.0. The molecule has 2 atom stereocenters. The zero-order valence-corrected chi connectivity index (χ0v) is 15.1. The van der Waals surface area contributed by atoms with Gasteiger partial charge in [0.25, 0.3) is 5.56 Å². The highest BCUT2D eigenvalue weighted by Crippen LogP contribution is 2.30. The molecule has 0 radical (unpaired) electrons. The number of fused-ring (bicyclic) bond motifs is 2. The molecule has 0 bridgehead atoms. The summed E-state index contributed by atoms with van der Waals surface area (Å²) < 4.78 is 1.40. The summed E-state index contributed by atoms with van der Waals surface area (Å²) in [5.74, 6) is 0.429. The molecule has 0 spiro atoms. The van der Waals surface area contributed by atoms with E-state index in [-0.39, 0.29) is 18.0 Å². The second-order valence-corrected chi connectivity index (χ2v) is 8.02. The van der Waals surface area contributed by atoms with Crippen molar-refractivity contribution in [3.05, 3.63) is 28.1 Å². The van der Waals surface area contributed by atoms with E-state index >= 15 is 0 Å². The van der Waals surface area contributed by atoms with Gasteiger partial charge in [-0.2, -0.15) is 0 Å². The maximum Gasteiger partial charge on any atom is 0.262 e. The number of carbonyl (C=O) groups is 1. The van der Waals surface area contributed by atoms with Gasteiger partial charge in [0.15, 0.2) is 0 Å². The molecule has 134 valence electrons. The quantitative estimate of drug-likeness (QED) is 0.903. The average Bonchev–Trinajstić information content (AvgIpc) is 3.12. The summed E-state index contributed by atoms with van der Waals surface area (Å²) in [7, 11) is 0. The van der Waals surface area contributed by atoms with Crippen LogP contribution in [0.15, 0.2) is 22.6 Å². The van der Waals surface area contributed by atoms with Crippen molar-refractivity contribution in [2.45, 2.75) is 44.7 Å². The van der Waals surface area contributed by atoms with Crippen LogP contribution in [0.25, 0.3) is 10.2 Å². The zero-order valence-electron chi connectivity index (χ0n) is 14.3. The second-order valence-electron chi connectivity index (χ2n) is 7.12. The Bertz CT molecular complexity index is 813. The van der Waals surface area contributed by atoms with E-state index in [1.807, 2.05) is 5.38 Å². The van der Waals surface area contributed by atoms with Crippen molar-refractivity contribution < 1.29 is 4.79 Å². The molecule has 2 aromatic heterocycles. The third-order valence-corrected chi connectivity index (χ3v) is 6.38. The van der Waals surface area contributed by atoms with E-state index in [1.54, 1.807) is 6.07 Å². The third-order valence-electron chi connectivity index (χ3n) is 5.55. The lowest BCUT2D eigenvalue weighted by atomic mass is 9.83. The topological polar surface area (TPSA) is 67.2 Å². The molecule has 2 saturated heterocycles. The van der Waals surface area contributed by atoms with Crippen LogP contribution in [-0.4, -0.2) is 46.0 Å². The molecular formula is C18H24N4O2S. The summed E-state index contributed by atoms with van der Waals surface area (Å²) in [6.07, 6.45) is 7.73. The van der Waals surface area contributed by atoms with Crippen LogP contribution < -0.4 is 10.9 Å². The summed E-state index contributed by atoms with van der Waals surface area (Å²) in [4.78, 5) is 32.3. The number of nitrogens with one attached hydrogen (secondary N) is 1. The van der Waals surface area contributed by atoms with E-state index in [0.29, 0.717) is 23.9 Å². The number of aromatic nitrogens is 2. The maximum atomic E-state index is 12.4. The first-order valence-electron chi connectivity index (χ1n) is 9.16. The minimum atomic E-state index is -0.141. The summed E-state index contributed by atoms with van der Waals surface area (Å²) in [5.41, 5.74) is -0.141. The lowest BCUT2D eigenvalue weighted by molar-refractivity contribution is -0.122. The SMILES string of the molecule is O=C(Cn1cnc2sccc2c1=O)NCC1CCCN2CCCCC12. The normalized spacial score (nSPS) is 24.2. The molecule has 25 heavy (non-hydrogen) atoms. The van der Waals surface area contributed by atoms with Gasteiger partial charge >= 0.3 is 0 Å². The van der Waals surface area contributed by atoms with Crippen LogP contribution in [-0.2, 0) is 11.3 Å². The standard InChI is InChI=1S/C18H24N4O2S/c23-16(11-22-12-20-17-14(18(22)24)6-9-25-17)19-10-13-4-3-8-21-7-2-1-5-15(13)21/h6,9,12-13,15H,1-5,7-8,10-11H2,(H,19,23). The zero-order chi connectivity index (χ0) is 17.2. The minimum absolute atomic E-state index is 0.0404. The van der Waals surface area contributed by atoms with Gasteiger partial charge in [-0.05, 0) is 56.1 Å². The van der Waals surface area contributed by atoms with Gasteiger partial charge in [0.2, 0.25) is 5.91 Å². The van der Waals surface area contributed by atoms with Gasteiger partial charge in [0.1, 0.15) is 11.4 Å². The molecule has 4 heterocycles. The molecule has 6 nitrogen and oxygen atoms in total. The number of thiophene rings is 1. The van der Waals surface area contributed by atoms with Crippen LogP contribution in [0.3, 0.4) is 0 Å². The Kier molecular flexibility index (Phi) is 4.85. The molecule has 1 amide bonds. The van der Waals surface area contributed by atoms with Gasteiger partial charge in [-0.3, -0.25) is 14.2 Å². The Morgan fingerprint density at radius 1 is 1.28 bits per heavy atom. The summed E-state index contributed by atoms with van der Waals surface area (Å²) in [6.45, 7) is 3.16. The van der Waals surface area contributed by atoms with E-state index in [1.165, 1.54) is 67.4 Å². The number of hydrogen-bond acceptors (Lipinski definition) is 5. The van der Waals surface area contributed by atoms with Crippen molar-refractivity contribution in [3.8, 4) is 0 Å². The molecule has 2 aromatic rings. The van der Waals surface area contributed by atoms with Gasteiger partial charge in [-0.25, -0.2) is 4.98 Å². The number of nitrogens with zero attached hydrogens (tertiary/aromatic N) is 3. The number of amides is 1. The molecule has 2 fully saturated rings. The summed E-state index contributed by atoms with van der Waals surface area (Å²) in [5, 5.41) is 5.49.